The summed E-state index contributed by atoms with van der Waals surface area (Å²) in [5.74, 6) is 0.768. The maximum atomic E-state index is 9.05. The van der Waals surface area contributed by atoms with E-state index in [1.807, 2.05) is 6.92 Å². The minimum absolute atomic E-state index is 0.0601. The minimum atomic E-state index is -0.446. The first-order valence-electron chi connectivity index (χ1n) is 5.08. The van der Waals surface area contributed by atoms with Gasteiger partial charge in [0.15, 0.2) is 0 Å². The van der Waals surface area contributed by atoms with Crippen molar-refractivity contribution in [2.24, 2.45) is 11.7 Å². The molecule has 0 spiro atoms. The summed E-state index contributed by atoms with van der Waals surface area (Å²) in [5.41, 5.74) is 5.47. The van der Waals surface area contributed by atoms with Crippen LogP contribution in [0.3, 0.4) is 0 Å². The Balaban J connectivity index is 2.45. The van der Waals surface area contributed by atoms with Crippen molar-refractivity contribution in [3.63, 3.8) is 0 Å². The summed E-state index contributed by atoms with van der Waals surface area (Å²) >= 11 is 0. The fourth-order valence-electron chi connectivity index (χ4n) is 2.12. The van der Waals surface area contributed by atoms with Crippen molar-refractivity contribution in [3.05, 3.63) is 0 Å². The first-order chi connectivity index (χ1) is 5.94. The molecule has 3 nitrogen and oxygen atoms in total. The van der Waals surface area contributed by atoms with Gasteiger partial charge in [-0.25, -0.2) is 0 Å². The van der Waals surface area contributed by atoms with Crippen LogP contribution < -0.4 is 5.73 Å². The number of hydrogen-bond acceptors (Lipinski definition) is 3. The number of hydrogen-bond donors (Lipinski definition) is 2. The molecule has 0 aromatic heterocycles. The quantitative estimate of drug-likeness (QED) is 0.672. The molecule has 3 unspecified atom stereocenters. The van der Waals surface area contributed by atoms with Crippen LogP contribution in [0.25, 0.3) is 0 Å². The second-order valence-corrected chi connectivity index (χ2v) is 4.93. The molecule has 1 rings (SSSR count). The van der Waals surface area contributed by atoms with Gasteiger partial charge in [0.2, 0.25) is 0 Å². The van der Waals surface area contributed by atoms with Crippen molar-refractivity contribution in [1.29, 1.82) is 0 Å². The highest BCUT2D eigenvalue weighted by molar-refractivity contribution is 4.88. The normalized spacial score (nSPS) is 34.8. The topological polar surface area (TPSA) is 49.5 Å². The summed E-state index contributed by atoms with van der Waals surface area (Å²) in [7, 11) is 0. The lowest BCUT2D eigenvalue weighted by Gasteiger charge is -2.30. The third-order valence-electron chi connectivity index (χ3n) is 2.84. The van der Waals surface area contributed by atoms with Crippen LogP contribution in [-0.4, -0.2) is 41.3 Å². The molecule has 1 aliphatic heterocycles. The highest BCUT2D eigenvalue weighted by Gasteiger charge is 2.30. The molecule has 3 heteroatoms. The SMILES string of the molecule is CC1CC(C)N(CC(C)(N)CO)C1. The van der Waals surface area contributed by atoms with E-state index >= 15 is 0 Å². The number of aliphatic hydroxyl groups is 1. The number of nitrogens with zero attached hydrogens (tertiary/aromatic N) is 1. The van der Waals surface area contributed by atoms with Crippen molar-refractivity contribution in [2.75, 3.05) is 19.7 Å². The van der Waals surface area contributed by atoms with Crippen LogP contribution in [0.4, 0.5) is 0 Å². The van der Waals surface area contributed by atoms with Crippen LogP contribution in [0.1, 0.15) is 27.2 Å². The lowest BCUT2D eigenvalue weighted by atomic mass is 10.0. The van der Waals surface area contributed by atoms with E-state index in [1.165, 1.54) is 6.42 Å². The predicted octanol–water partition coefficient (Wildman–Crippen LogP) is 0.426. The lowest BCUT2D eigenvalue weighted by Crippen LogP contribution is -2.51. The van der Waals surface area contributed by atoms with Gasteiger partial charge in [-0.2, -0.15) is 0 Å². The fraction of sp³-hybridized carbons (Fsp3) is 1.00. The Morgan fingerprint density at radius 3 is 2.54 bits per heavy atom. The molecule has 1 heterocycles. The first-order valence-corrected chi connectivity index (χ1v) is 5.08. The molecule has 3 atom stereocenters. The molecule has 1 saturated heterocycles. The summed E-state index contributed by atoms with van der Waals surface area (Å²) in [6.07, 6.45) is 1.25. The highest BCUT2D eigenvalue weighted by atomic mass is 16.3. The minimum Gasteiger partial charge on any atom is -0.394 e. The molecule has 13 heavy (non-hydrogen) atoms. The average molecular weight is 186 g/mol. The molecule has 0 aromatic rings. The Kier molecular flexibility index (Phi) is 3.33. The van der Waals surface area contributed by atoms with Crippen LogP contribution in [0.5, 0.6) is 0 Å². The molecule has 78 valence electrons. The standard InChI is InChI=1S/C10H22N2O/c1-8-4-9(2)12(5-8)6-10(3,11)7-13/h8-9,13H,4-7,11H2,1-3H3. The second-order valence-electron chi connectivity index (χ2n) is 4.93. The molecular formula is C10H22N2O. The van der Waals surface area contributed by atoms with Crippen molar-refractivity contribution in [3.8, 4) is 0 Å². The maximum Gasteiger partial charge on any atom is 0.0621 e. The molecule has 0 saturated carbocycles. The van der Waals surface area contributed by atoms with Gasteiger partial charge < -0.3 is 10.8 Å². The molecule has 1 aliphatic rings. The predicted molar refractivity (Wildman–Crippen MR) is 54.5 cm³/mol. The molecule has 0 bridgehead atoms. The van der Waals surface area contributed by atoms with E-state index in [0.29, 0.717) is 6.04 Å². The van der Waals surface area contributed by atoms with E-state index in [1.54, 1.807) is 0 Å². The van der Waals surface area contributed by atoms with Crippen molar-refractivity contribution in [1.82, 2.24) is 4.90 Å². The Hall–Kier alpha value is -0.120. The van der Waals surface area contributed by atoms with Crippen LogP contribution in [-0.2, 0) is 0 Å². The van der Waals surface area contributed by atoms with Crippen LogP contribution in [0.15, 0.2) is 0 Å². The third-order valence-corrected chi connectivity index (χ3v) is 2.84. The van der Waals surface area contributed by atoms with E-state index in [9.17, 15) is 0 Å². The summed E-state index contributed by atoms with van der Waals surface area (Å²) in [6, 6.07) is 0.615. The second kappa shape index (κ2) is 3.95. The summed E-state index contributed by atoms with van der Waals surface area (Å²) in [4.78, 5) is 2.38. The summed E-state index contributed by atoms with van der Waals surface area (Å²) < 4.78 is 0. The van der Waals surface area contributed by atoms with E-state index in [-0.39, 0.29) is 6.61 Å². The number of aliphatic hydroxyl groups excluding tert-OH is 1. The Bertz CT molecular complexity index is 170. The van der Waals surface area contributed by atoms with Gasteiger partial charge in [-0.15, -0.1) is 0 Å². The van der Waals surface area contributed by atoms with E-state index in [4.69, 9.17) is 10.8 Å². The molecule has 0 aliphatic carbocycles. The highest BCUT2D eigenvalue weighted by Crippen LogP contribution is 2.23. The maximum absolute atomic E-state index is 9.05. The van der Waals surface area contributed by atoms with E-state index < -0.39 is 5.54 Å². The van der Waals surface area contributed by atoms with Gasteiger partial charge in [-0.05, 0) is 26.2 Å². The Morgan fingerprint density at radius 2 is 2.15 bits per heavy atom. The monoisotopic (exact) mass is 186 g/mol. The lowest BCUT2D eigenvalue weighted by molar-refractivity contribution is 0.143. The van der Waals surface area contributed by atoms with Gasteiger partial charge in [-0.3, -0.25) is 4.90 Å². The average Bonchev–Trinajstić information content (AvgIpc) is 2.30. The van der Waals surface area contributed by atoms with Crippen LogP contribution >= 0.6 is 0 Å². The number of rotatable bonds is 3. The van der Waals surface area contributed by atoms with Crippen molar-refractivity contribution < 1.29 is 5.11 Å². The zero-order valence-corrected chi connectivity index (χ0v) is 8.95. The fourth-order valence-corrected chi connectivity index (χ4v) is 2.12. The number of nitrogens with two attached hydrogens (primary N) is 1. The molecule has 0 aromatic carbocycles. The van der Waals surface area contributed by atoms with Crippen LogP contribution in [0.2, 0.25) is 0 Å². The first kappa shape index (κ1) is 11.0. The molecule has 0 amide bonds. The van der Waals surface area contributed by atoms with E-state index in [0.717, 1.165) is 19.0 Å². The van der Waals surface area contributed by atoms with Crippen molar-refractivity contribution in [2.45, 2.75) is 38.8 Å². The van der Waals surface area contributed by atoms with Gasteiger partial charge in [0.25, 0.3) is 0 Å². The largest absolute Gasteiger partial charge is 0.394 e. The van der Waals surface area contributed by atoms with Gasteiger partial charge >= 0.3 is 0 Å². The van der Waals surface area contributed by atoms with Gasteiger partial charge in [0, 0.05) is 24.7 Å². The summed E-state index contributed by atoms with van der Waals surface area (Å²) in [5, 5.41) is 9.05. The van der Waals surface area contributed by atoms with Crippen LogP contribution in [0, 0.1) is 5.92 Å². The zero-order valence-electron chi connectivity index (χ0n) is 8.95. The molecule has 0 radical (unpaired) electrons. The molecular weight excluding hydrogens is 164 g/mol. The molecule has 3 N–H and O–H groups in total. The Labute approximate surface area is 80.9 Å². The Morgan fingerprint density at radius 1 is 1.54 bits per heavy atom. The van der Waals surface area contributed by atoms with Crippen molar-refractivity contribution >= 4 is 0 Å². The number of likely N-dealkylation sites (tertiary alicyclic amines) is 1. The van der Waals surface area contributed by atoms with Gasteiger partial charge in [0.1, 0.15) is 0 Å². The zero-order chi connectivity index (χ0) is 10.1. The van der Waals surface area contributed by atoms with Gasteiger partial charge in [0.05, 0.1) is 6.61 Å². The van der Waals surface area contributed by atoms with Gasteiger partial charge in [-0.1, -0.05) is 6.92 Å². The summed E-state index contributed by atoms with van der Waals surface area (Å²) in [6.45, 7) is 8.39. The molecule has 1 fully saturated rings. The van der Waals surface area contributed by atoms with E-state index in [2.05, 4.69) is 18.7 Å². The third kappa shape index (κ3) is 2.93. The smallest absolute Gasteiger partial charge is 0.0621 e.